The average molecular weight is 255 g/mol. The first-order valence-electron chi connectivity index (χ1n) is 7.18. The van der Waals surface area contributed by atoms with Crippen molar-refractivity contribution >= 4 is 10.9 Å². The number of aryl methyl sites for hydroxylation is 1. The number of hydrogen-bond donors (Lipinski definition) is 1. The van der Waals surface area contributed by atoms with Gasteiger partial charge in [0.05, 0.1) is 5.52 Å². The Morgan fingerprint density at radius 2 is 2.05 bits per heavy atom. The zero-order valence-corrected chi connectivity index (χ0v) is 11.3. The molecule has 3 nitrogen and oxygen atoms in total. The molecule has 0 radical (unpaired) electrons. The summed E-state index contributed by atoms with van der Waals surface area (Å²) in [5.74, 6) is 0. The van der Waals surface area contributed by atoms with Gasteiger partial charge in [-0.15, -0.1) is 0 Å². The maximum absolute atomic E-state index is 4.36. The van der Waals surface area contributed by atoms with E-state index in [0.717, 1.165) is 25.0 Å². The Labute approximate surface area is 114 Å². The Morgan fingerprint density at radius 3 is 2.95 bits per heavy atom. The minimum atomic E-state index is 1.09. The van der Waals surface area contributed by atoms with Crippen LogP contribution in [-0.4, -0.2) is 42.6 Å². The monoisotopic (exact) mass is 255 g/mol. The van der Waals surface area contributed by atoms with Crippen LogP contribution in [0.3, 0.4) is 0 Å². The van der Waals surface area contributed by atoms with E-state index in [4.69, 9.17) is 0 Å². The van der Waals surface area contributed by atoms with E-state index >= 15 is 0 Å². The van der Waals surface area contributed by atoms with Gasteiger partial charge in [0, 0.05) is 37.8 Å². The van der Waals surface area contributed by atoms with Crippen LogP contribution in [0, 0.1) is 0 Å². The van der Waals surface area contributed by atoms with Crippen LogP contribution < -0.4 is 5.32 Å². The first kappa shape index (κ1) is 12.6. The van der Waals surface area contributed by atoms with Crippen LogP contribution in [0.25, 0.3) is 10.9 Å². The van der Waals surface area contributed by atoms with Crippen molar-refractivity contribution in [3.05, 3.63) is 42.1 Å². The maximum atomic E-state index is 4.36. The summed E-state index contributed by atoms with van der Waals surface area (Å²) >= 11 is 0. The van der Waals surface area contributed by atoms with Gasteiger partial charge in [0.25, 0.3) is 0 Å². The van der Waals surface area contributed by atoms with Crippen LogP contribution in [0.1, 0.15) is 12.0 Å². The van der Waals surface area contributed by atoms with E-state index in [9.17, 15) is 0 Å². The van der Waals surface area contributed by atoms with Gasteiger partial charge in [-0.3, -0.25) is 4.98 Å². The molecule has 1 saturated heterocycles. The van der Waals surface area contributed by atoms with Crippen molar-refractivity contribution < 1.29 is 0 Å². The lowest BCUT2D eigenvalue weighted by atomic mass is 10.1. The summed E-state index contributed by atoms with van der Waals surface area (Å²) in [4.78, 5) is 6.92. The van der Waals surface area contributed by atoms with Crippen LogP contribution in [0.4, 0.5) is 0 Å². The molecule has 19 heavy (non-hydrogen) atoms. The first-order valence-corrected chi connectivity index (χ1v) is 7.18. The van der Waals surface area contributed by atoms with E-state index in [1.54, 1.807) is 0 Å². The van der Waals surface area contributed by atoms with E-state index in [0.29, 0.717) is 0 Å². The molecule has 1 aliphatic rings. The highest BCUT2D eigenvalue weighted by molar-refractivity contribution is 5.78. The largest absolute Gasteiger partial charge is 0.314 e. The van der Waals surface area contributed by atoms with Gasteiger partial charge in [-0.1, -0.05) is 12.1 Å². The van der Waals surface area contributed by atoms with Crippen LogP contribution in [0.5, 0.6) is 0 Å². The molecular weight excluding hydrogens is 234 g/mol. The molecule has 1 aliphatic heterocycles. The topological polar surface area (TPSA) is 28.2 Å². The van der Waals surface area contributed by atoms with Crippen molar-refractivity contribution in [1.82, 2.24) is 15.2 Å². The molecule has 0 bridgehead atoms. The van der Waals surface area contributed by atoms with E-state index < -0.39 is 0 Å². The maximum Gasteiger partial charge on any atom is 0.0702 e. The second kappa shape index (κ2) is 6.13. The number of nitrogens with zero attached hydrogens (tertiary/aromatic N) is 2. The Hall–Kier alpha value is -1.45. The van der Waals surface area contributed by atoms with Crippen molar-refractivity contribution in [2.45, 2.75) is 12.8 Å². The van der Waals surface area contributed by atoms with Gasteiger partial charge in [0.1, 0.15) is 0 Å². The lowest BCUT2D eigenvalue weighted by molar-refractivity contribution is 0.238. The molecule has 1 aromatic heterocycles. The van der Waals surface area contributed by atoms with Crippen LogP contribution >= 0.6 is 0 Å². The van der Waals surface area contributed by atoms with Crippen molar-refractivity contribution in [3.8, 4) is 0 Å². The molecule has 3 heteroatoms. The third kappa shape index (κ3) is 3.31. The number of aromatic nitrogens is 1. The smallest absolute Gasteiger partial charge is 0.0702 e. The van der Waals surface area contributed by atoms with Gasteiger partial charge >= 0.3 is 0 Å². The number of fused-ring (bicyclic) bond motifs is 1. The summed E-state index contributed by atoms with van der Waals surface area (Å²) < 4.78 is 0. The Bertz CT molecular complexity index is 532. The lowest BCUT2D eigenvalue weighted by Crippen LogP contribution is -2.43. The number of rotatable bonds is 4. The third-order valence-electron chi connectivity index (χ3n) is 3.82. The highest BCUT2D eigenvalue weighted by Gasteiger charge is 2.08. The van der Waals surface area contributed by atoms with Crippen molar-refractivity contribution in [1.29, 1.82) is 0 Å². The van der Waals surface area contributed by atoms with E-state index in [1.807, 2.05) is 12.3 Å². The van der Waals surface area contributed by atoms with Gasteiger partial charge in [-0.2, -0.15) is 0 Å². The molecule has 2 aromatic rings. The molecule has 1 aromatic carbocycles. The summed E-state index contributed by atoms with van der Waals surface area (Å²) in [6, 6.07) is 10.8. The molecule has 0 saturated carbocycles. The molecule has 100 valence electrons. The Kier molecular flexibility index (Phi) is 4.06. The van der Waals surface area contributed by atoms with Gasteiger partial charge in [0.15, 0.2) is 0 Å². The lowest BCUT2D eigenvalue weighted by Gasteiger charge is -2.27. The molecule has 0 unspecified atom stereocenters. The minimum Gasteiger partial charge on any atom is -0.314 e. The number of pyridine rings is 1. The molecule has 0 spiro atoms. The molecule has 3 rings (SSSR count). The molecule has 0 atom stereocenters. The highest BCUT2D eigenvalue weighted by atomic mass is 15.2. The molecule has 1 N–H and O–H groups in total. The molecule has 2 heterocycles. The van der Waals surface area contributed by atoms with E-state index in [-0.39, 0.29) is 0 Å². The summed E-state index contributed by atoms with van der Waals surface area (Å²) in [5.41, 5.74) is 2.52. The minimum absolute atomic E-state index is 1.09. The molecule has 0 amide bonds. The average Bonchev–Trinajstić information content (AvgIpc) is 2.48. The number of nitrogens with one attached hydrogen (secondary N) is 1. The Balaban J connectivity index is 1.56. The molecular formula is C16H21N3. The van der Waals surface area contributed by atoms with E-state index in [1.165, 1.54) is 37.0 Å². The summed E-state index contributed by atoms with van der Waals surface area (Å²) in [6.07, 6.45) is 4.26. The zero-order valence-electron chi connectivity index (χ0n) is 11.3. The van der Waals surface area contributed by atoms with Crippen LogP contribution in [-0.2, 0) is 6.42 Å². The van der Waals surface area contributed by atoms with Crippen LogP contribution in [0.2, 0.25) is 0 Å². The zero-order chi connectivity index (χ0) is 12.9. The number of hydrogen-bond acceptors (Lipinski definition) is 3. The highest BCUT2D eigenvalue weighted by Crippen LogP contribution is 2.14. The summed E-state index contributed by atoms with van der Waals surface area (Å²) in [5, 5.41) is 4.65. The second-order valence-corrected chi connectivity index (χ2v) is 5.23. The summed E-state index contributed by atoms with van der Waals surface area (Å²) in [6.45, 7) is 5.89. The van der Waals surface area contributed by atoms with Gasteiger partial charge < -0.3 is 10.2 Å². The van der Waals surface area contributed by atoms with Gasteiger partial charge in [-0.25, -0.2) is 0 Å². The SMILES string of the molecule is c1cnc2ccc(CCCN3CCNCC3)cc2c1. The van der Waals surface area contributed by atoms with Crippen LogP contribution in [0.15, 0.2) is 36.5 Å². The molecule has 0 aliphatic carbocycles. The number of benzene rings is 1. The standard InChI is InChI=1S/C16H21N3/c1-4-15-13-14(5-6-16(15)18-7-1)3-2-10-19-11-8-17-9-12-19/h1,4-7,13,17H,2-3,8-12H2. The summed E-state index contributed by atoms with van der Waals surface area (Å²) in [7, 11) is 0. The van der Waals surface area contributed by atoms with Gasteiger partial charge in [0.2, 0.25) is 0 Å². The predicted octanol–water partition coefficient (Wildman–Crippen LogP) is 2.07. The Morgan fingerprint density at radius 1 is 1.16 bits per heavy atom. The third-order valence-corrected chi connectivity index (χ3v) is 3.82. The van der Waals surface area contributed by atoms with Crippen molar-refractivity contribution in [2.24, 2.45) is 0 Å². The fourth-order valence-electron chi connectivity index (χ4n) is 2.72. The predicted molar refractivity (Wildman–Crippen MR) is 79.4 cm³/mol. The second-order valence-electron chi connectivity index (χ2n) is 5.23. The normalized spacial score (nSPS) is 16.8. The number of piperazine rings is 1. The fourth-order valence-corrected chi connectivity index (χ4v) is 2.72. The van der Waals surface area contributed by atoms with Gasteiger partial charge in [-0.05, 0) is 43.1 Å². The van der Waals surface area contributed by atoms with E-state index in [2.05, 4.69) is 39.5 Å². The van der Waals surface area contributed by atoms with Crippen molar-refractivity contribution in [2.75, 3.05) is 32.7 Å². The first-order chi connectivity index (χ1) is 9.42. The molecule has 1 fully saturated rings. The van der Waals surface area contributed by atoms with Crippen molar-refractivity contribution in [3.63, 3.8) is 0 Å². The fraction of sp³-hybridized carbons (Fsp3) is 0.438. The quantitative estimate of drug-likeness (QED) is 0.906.